The van der Waals surface area contributed by atoms with Gasteiger partial charge in [-0.2, -0.15) is 5.26 Å². The molecule has 0 spiro atoms. The lowest BCUT2D eigenvalue weighted by atomic mass is 9.87. The number of halogens is 1. The lowest BCUT2D eigenvalue weighted by Gasteiger charge is -2.19. The van der Waals surface area contributed by atoms with Gasteiger partial charge in [0.05, 0.1) is 11.8 Å². The van der Waals surface area contributed by atoms with Gasteiger partial charge >= 0.3 is 0 Å². The van der Waals surface area contributed by atoms with Crippen LogP contribution in [0.4, 0.5) is 10.1 Å². The highest BCUT2D eigenvalue weighted by molar-refractivity contribution is 5.97. The summed E-state index contributed by atoms with van der Waals surface area (Å²) in [6, 6.07) is 6.72. The van der Waals surface area contributed by atoms with E-state index in [-0.39, 0.29) is 11.6 Å². The molecule has 3 nitrogen and oxygen atoms in total. The van der Waals surface area contributed by atoms with Crippen LogP contribution in [0.15, 0.2) is 18.2 Å². The van der Waals surface area contributed by atoms with E-state index in [1.165, 1.54) is 12.1 Å². The molecule has 0 unspecified atom stereocenters. The molecule has 1 N–H and O–H groups in total. The van der Waals surface area contributed by atoms with Crippen LogP contribution in [0.1, 0.15) is 31.2 Å². The van der Waals surface area contributed by atoms with Crippen molar-refractivity contribution in [3.8, 4) is 6.07 Å². The van der Waals surface area contributed by atoms with Crippen molar-refractivity contribution in [1.29, 1.82) is 5.26 Å². The van der Waals surface area contributed by atoms with Crippen LogP contribution >= 0.6 is 0 Å². The number of carbonyl (C=O) groups excluding carboxylic acids is 1. The first-order valence-corrected chi connectivity index (χ1v) is 6.06. The van der Waals surface area contributed by atoms with Crippen molar-refractivity contribution < 1.29 is 9.18 Å². The predicted octanol–water partition coefficient (Wildman–Crippen LogP) is 3.16. The third kappa shape index (κ3) is 2.21. The molecular weight excluding hydrogens is 231 g/mol. The summed E-state index contributed by atoms with van der Waals surface area (Å²) in [5.41, 5.74) is -0.0365. The Kier molecular flexibility index (Phi) is 3.33. The number of benzene rings is 1. The van der Waals surface area contributed by atoms with Gasteiger partial charge in [-0.05, 0) is 37.5 Å². The third-order valence-corrected chi connectivity index (χ3v) is 3.48. The number of amides is 1. The van der Waals surface area contributed by atoms with Gasteiger partial charge in [-0.25, -0.2) is 4.39 Å². The first-order valence-electron chi connectivity index (χ1n) is 6.06. The van der Waals surface area contributed by atoms with Crippen molar-refractivity contribution >= 4 is 11.6 Å². The molecule has 0 radical (unpaired) electrons. The smallest absolute Gasteiger partial charge is 0.244 e. The topological polar surface area (TPSA) is 52.9 Å². The van der Waals surface area contributed by atoms with Crippen molar-refractivity contribution in [2.45, 2.75) is 32.6 Å². The molecule has 1 aliphatic carbocycles. The molecule has 4 heteroatoms. The van der Waals surface area contributed by atoms with E-state index in [2.05, 4.69) is 11.4 Å². The van der Waals surface area contributed by atoms with Gasteiger partial charge in [0.15, 0.2) is 0 Å². The molecule has 1 saturated carbocycles. The fraction of sp³-hybridized carbons (Fsp3) is 0.429. The Morgan fingerprint density at radius 3 is 2.67 bits per heavy atom. The maximum Gasteiger partial charge on any atom is 0.244 e. The van der Waals surface area contributed by atoms with E-state index in [0.29, 0.717) is 12.8 Å². The highest BCUT2D eigenvalue weighted by atomic mass is 19.1. The van der Waals surface area contributed by atoms with Crippen LogP contribution in [-0.2, 0) is 4.79 Å². The van der Waals surface area contributed by atoms with E-state index in [1.807, 2.05) is 0 Å². The molecule has 1 aromatic carbocycles. The molecule has 1 aliphatic rings. The van der Waals surface area contributed by atoms with Gasteiger partial charge in [0.25, 0.3) is 0 Å². The summed E-state index contributed by atoms with van der Waals surface area (Å²) in [6.45, 7) is 1.78. The number of nitrogens with one attached hydrogen (secondary N) is 1. The number of hydrogen-bond donors (Lipinski definition) is 1. The summed E-state index contributed by atoms with van der Waals surface area (Å²) in [7, 11) is 0. The molecule has 0 saturated heterocycles. The number of carbonyl (C=O) groups is 1. The number of hydrogen-bond acceptors (Lipinski definition) is 2. The minimum atomic E-state index is -0.975. The van der Waals surface area contributed by atoms with Crippen molar-refractivity contribution in [2.24, 2.45) is 5.41 Å². The van der Waals surface area contributed by atoms with Crippen LogP contribution in [0.25, 0.3) is 0 Å². The van der Waals surface area contributed by atoms with E-state index >= 15 is 0 Å². The van der Waals surface area contributed by atoms with Crippen molar-refractivity contribution in [1.82, 2.24) is 0 Å². The number of nitrogens with zero attached hydrogens (tertiary/aromatic N) is 1. The molecule has 1 aromatic rings. The van der Waals surface area contributed by atoms with E-state index in [1.54, 1.807) is 13.0 Å². The molecule has 0 bridgehead atoms. The average molecular weight is 246 g/mol. The molecule has 0 aliphatic heterocycles. The second-order valence-electron chi connectivity index (χ2n) is 4.84. The highest BCUT2D eigenvalue weighted by Gasteiger charge is 2.41. The zero-order valence-corrected chi connectivity index (χ0v) is 10.3. The lowest BCUT2D eigenvalue weighted by molar-refractivity contribution is -0.122. The van der Waals surface area contributed by atoms with Crippen molar-refractivity contribution in [2.75, 3.05) is 5.32 Å². The Hall–Kier alpha value is -1.89. The van der Waals surface area contributed by atoms with E-state index in [9.17, 15) is 14.4 Å². The van der Waals surface area contributed by atoms with Crippen LogP contribution in [0, 0.1) is 29.5 Å². The fourth-order valence-electron chi connectivity index (χ4n) is 2.33. The maximum atomic E-state index is 13.6. The SMILES string of the molecule is Cc1ccc(NC(=O)C2(C#N)CCCC2)c(F)c1. The number of nitriles is 1. The summed E-state index contributed by atoms with van der Waals surface area (Å²) < 4.78 is 13.6. The average Bonchev–Trinajstić information content (AvgIpc) is 2.82. The molecule has 18 heavy (non-hydrogen) atoms. The third-order valence-electron chi connectivity index (χ3n) is 3.48. The largest absolute Gasteiger partial charge is 0.322 e. The summed E-state index contributed by atoms with van der Waals surface area (Å²) in [5.74, 6) is -0.848. The minimum absolute atomic E-state index is 0.145. The van der Waals surface area contributed by atoms with Crippen LogP contribution in [0.2, 0.25) is 0 Å². The first-order chi connectivity index (χ1) is 8.57. The quantitative estimate of drug-likeness (QED) is 0.871. The summed E-state index contributed by atoms with van der Waals surface area (Å²) in [5, 5.41) is 11.7. The summed E-state index contributed by atoms with van der Waals surface area (Å²) in [4.78, 5) is 12.1. The van der Waals surface area contributed by atoms with Crippen LogP contribution in [-0.4, -0.2) is 5.91 Å². The van der Waals surface area contributed by atoms with Crippen LogP contribution < -0.4 is 5.32 Å². The Morgan fingerprint density at radius 2 is 2.11 bits per heavy atom. The van der Waals surface area contributed by atoms with Crippen molar-refractivity contribution in [3.63, 3.8) is 0 Å². The monoisotopic (exact) mass is 246 g/mol. The number of aryl methyl sites for hydroxylation is 1. The Labute approximate surface area is 106 Å². The second-order valence-corrected chi connectivity index (χ2v) is 4.84. The summed E-state index contributed by atoms with van der Waals surface area (Å²) >= 11 is 0. The van der Waals surface area contributed by atoms with Crippen LogP contribution in [0.5, 0.6) is 0 Å². The molecular formula is C14H15FN2O. The molecule has 1 amide bonds. The molecule has 0 atom stereocenters. The van der Waals surface area contributed by atoms with Gasteiger partial charge in [-0.1, -0.05) is 18.9 Å². The Bertz CT molecular complexity index is 513. The first kappa shape index (κ1) is 12.6. The predicted molar refractivity (Wildman–Crippen MR) is 66.3 cm³/mol. The molecule has 1 fully saturated rings. The van der Waals surface area contributed by atoms with Gasteiger partial charge in [0.2, 0.25) is 5.91 Å². The minimum Gasteiger partial charge on any atom is -0.322 e. The van der Waals surface area contributed by atoms with Gasteiger partial charge in [0.1, 0.15) is 11.2 Å². The molecule has 94 valence electrons. The molecule has 0 heterocycles. The van der Waals surface area contributed by atoms with E-state index in [0.717, 1.165) is 18.4 Å². The fourth-order valence-corrected chi connectivity index (χ4v) is 2.33. The zero-order chi connectivity index (χ0) is 13.2. The van der Waals surface area contributed by atoms with Crippen LogP contribution in [0.3, 0.4) is 0 Å². The maximum absolute atomic E-state index is 13.6. The van der Waals surface area contributed by atoms with Gasteiger partial charge < -0.3 is 5.32 Å². The number of rotatable bonds is 2. The van der Waals surface area contributed by atoms with E-state index in [4.69, 9.17) is 0 Å². The Balaban J connectivity index is 2.19. The zero-order valence-electron chi connectivity index (χ0n) is 10.3. The lowest BCUT2D eigenvalue weighted by Crippen LogP contribution is -2.32. The van der Waals surface area contributed by atoms with Gasteiger partial charge in [-0.3, -0.25) is 4.79 Å². The highest BCUT2D eigenvalue weighted by Crippen LogP contribution is 2.38. The Morgan fingerprint density at radius 1 is 1.44 bits per heavy atom. The number of anilines is 1. The normalized spacial score (nSPS) is 17.2. The molecule has 0 aromatic heterocycles. The second kappa shape index (κ2) is 4.77. The molecule has 2 rings (SSSR count). The summed E-state index contributed by atoms with van der Waals surface area (Å²) in [6.07, 6.45) is 2.86. The standard InChI is InChI=1S/C14H15FN2O/c1-10-4-5-12(11(15)8-10)17-13(18)14(9-16)6-2-3-7-14/h4-5,8H,2-3,6-7H2,1H3,(H,17,18). The van der Waals surface area contributed by atoms with Gasteiger partial charge in [0, 0.05) is 0 Å². The van der Waals surface area contributed by atoms with Gasteiger partial charge in [-0.15, -0.1) is 0 Å². The van der Waals surface area contributed by atoms with Crippen molar-refractivity contribution in [3.05, 3.63) is 29.6 Å². The van der Waals surface area contributed by atoms with E-state index < -0.39 is 11.2 Å².